The lowest BCUT2D eigenvalue weighted by atomic mass is 10.2. The molecule has 0 saturated carbocycles. The summed E-state index contributed by atoms with van der Waals surface area (Å²) < 4.78 is 9.87. The van der Waals surface area contributed by atoms with Gasteiger partial charge in [0.1, 0.15) is 18.7 Å². The Balaban J connectivity index is 2.37. The third-order valence-electron chi connectivity index (χ3n) is 2.62. The summed E-state index contributed by atoms with van der Waals surface area (Å²) in [6.07, 6.45) is 0. The van der Waals surface area contributed by atoms with E-state index in [1.54, 1.807) is 6.92 Å². The van der Waals surface area contributed by atoms with Crippen molar-refractivity contribution in [2.45, 2.75) is 25.6 Å². The summed E-state index contributed by atoms with van der Waals surface area (Å²) in [4.78, 5) is 23.3. The zero-order chi connectivity index (χ0) is 15.0. The van der Waals surface area contributed by atoms with Crippen molar-refractivity contribution >= 4 is 11.9 Å². The summed E-state index contributed by atoms with van der Waals surface area (Å²) in [5.74, 6) is -0.956. The zero-order valence-electron chi connectivity index (χ0n) is 11.7. The molecule has 110 valence electrons. The van der Waals surface area contributed by atoms with Crippen molar-refractivity contribution in [3.05, 3.63) is 35.9 Å². The van der Waals surface area contributed by atoms with Crippen molar-refractivity contribution in [3.63, 3.8) is 0 Å². The number of nitrogens with one attached hydrogen (secondary N) is 1. The molecule has 2 atom stereocenters. The van der Waals surface area contributed by atoms with Crippen LogP contribution >= 0.6 is 0 Å². The minimum absolute atomic E-state index is 0.0949. The second-order valence-electron chi connectivity index (χ2n) is 4.39. The predicted octanol–water partition coefficient (Wildman–Crippen LogP) is 0.208. The number of hydrogen-bond acceptors (Lipinski definition) is 5. The number of ether oxygens (including phenoxy) is 2. The smallest absolute Gasteiger partial charge is 0.328 e. The summed E-state index contributed by atoms with van der Waals surface area (Å²) in [6.45, 7) is 1.81. The molecule has 0 radical (unpaired) electrons. The van der Waals surface area contributed by atoms with E-state index in [0.29, 0.717) is 0 Å². The van der Waals surface area contributed by atoms with Gasteiger partial charge in [0.15, 0.2) is 0 Å². The molecule has 20 heavy (non-hydrogen) atoms. The Morgan fingerprint density at radius 2 is 1.95 bits per heavy atom. The van der Waals surface area contributed by atoms with Gasteiger partial charge in [-0.05, 0) is 12.5 Å². The Bertz CT molecular complexity index is 436. The van der Waals surface area contributed by atoms with Gasteiger partial charge in [0.25, 0.3) is 0 Å². The molecular weight excluding hydrogens is 260 g/mol. The first-order valence-electron chi connectivity index (χ1n) is 6.30. The lowest BCUT2D eigenvalue weighted by Gasteiger charge is -2.16. The lowest BCUT2D eigenvalue weighted by molar-refractivity contribution is -0.148. The Hall–Kier alpha value is -1.92. The Kier molecular flexibility index (Phi) is 6.69. The first-order valence-corrected chi connectivity index (χ1v) is 6.30. The van der Waals surface area contributed by atoms with Crippen LogP contribution in [0.4, 0.5) is 0 Å². The van der Waals surface area contributed by atoms with Crippen LogP contribution in [-0.4, -0.2) is 37.7 Å². The summed E-state index contributed by atoms with van der Waals surface area (Å²) in [5.41, 5.74) is 6.44. The van der Waals surface area contributed by atoms with Crippen LogP contribution in [0.5, 0.6) is 0 Å². The van der Waals surface area contributed by atoms with Crippen molar-refractivity contribution in [2.24, 2.45) is 5.73 Å². The fourth-order valence-corrected chi connectivity index (χ4v) is 1.49. The quantitative estimate of drug-likeness (QED) is 0.697. The Morgan fingerprint density at radius 1 is 1.30 bits per heavy atom. The van der Waals surface area contributed by atoms with Crippen molar-refractivity contribution < 1.29 is 19.1 Å². The number of amides is 1. The van der Waals surface area contributed by atoms with E-state index in [1.165, 1.54) is 7.11 Å². The average Bonchev–Trinajstić information content (AvgIpc) is 2.45. The van der Waals surface area contributed by atoms with E-state index < -0.39 is 24.0 Å². The average molecular weight is 280 g/mol. The van der Waals surface area contributed by atoms with Crippen molar-refractivity contribution in [1.82, 2.24) is 5.32 Å². The standard InChI is InChI=1S/C14H20N2O4/c1-10(16-13(17)12(15)9-19-2)14(18)20-8-11-6-4-3-5-7-11/h3-7,10,12H,8-9,15H2,1-2H3,(H,16,17)/t10-,12-/m0/s1. The van der Waals surface area contributed by atoms with Crippen LogP contribution in [0.15, 0.2) is 30.3 Å². The third kappa shape index (κ3) is 5.38. The molecule has 6 heteroatoms. The fraction of sp³-hybridized carbons (Fsp3) is 0.429. The Labute approximate surface area is 118 Å². The molecule has 0 aliphatic carbocycles. The first kappa shape index (κ1) is 16.1. The summed E-state index contributed by atoms with van der Waals surface area (Å²) in [7, 11) is 1.45. The number of carbonyl (C=O) groups is 2. The SMILES string of the molecule is COC[C@H](N)C(=O)N[C@@H](C)C(=O)OCc1ccccc1. The van der Waals surface area contributed by atoms with Gasteiger partial charge in [0.05, 0.1) is 6.61 Å². The minimum atomic E-state index is -0.802. The van der Waals surface area contributed by atoms with Crippen molar-refractivity contribution in [1.29, 1.82) is 0 Å². The fourth-order valence-electron chi connectivity index (χ4n) is 1.49. The Morgan fingerprint density at radius 3 is 2.55 bits per heavy atom. The van der Waals surface area contributed by atoms with Gasteiger partial charge in [0.2, 0.25) is 5.91 Å². The number of nitrogens with two attached hydrogens (primary N) is 1. The molecule has 1 aromatic rings. The molecule has 0 saturated heterocycles. The van der Waals surface area contributed by atoms with Gasteiger partial charge in [-0.3, -0.25) is 4.79 Å². The van der Waals surface area contributed by atoms with E-state index in [4.69, 9.17) is 15.2 Å². The van der Waals surface area contributed by atoms with E-state index >= 15 is 0 Å². The maximum absolute atomic E-state index is 11.7. The van der Waals surface area contributed by atoms with Gasteiger partial charge in [-0.1, -0.05) is 30.3 Å². The van der Waals surface area contributed by atoms with Gasteiger partial charge in [0, 0.05) is 7.11 Å². The number of hydrogen-bond donors (Lipinski definition) is 2. The third-order valence-corrected chi connectivity index (χ3v) is 2.62. The topological polar surface area (TPSA) is 90.6 Å². The zero-order valence-corrected chi connectivity index (χ0v) is 11.7. The molecule has 1 aromatic carbocycles. The number of esters is 1. The minimum Gasteiger partial charge on any atom is -0.459 e. The second-order valence-corrected chi connectivity index (χ2v) is 4.39. The van der Waals surface area contributed by atoms with Crippen LogP contribution < -0.4 is 11.1 Å². The van der Waals surface area contributed by atoms with Crippen LogP contribution in [0.2, 0.25) is 0 Å². The lowest BCUT2D eigenvalue weighted by Crippen LogP contribution is -2.49. The van der Waals surface area contributed by atoms with Crippen LogP contribution in [0.25, 0.3) is 0 Å². The molecule has 0 bridgehead atoms. The summed E-state index contributed by atoms with van der Waals surface area (Å²) in [5, 5.41) is 2.48. The molecule has 0 aliphatic rings. The van der Waals surface area contributed by atoms with E-state index in [0.717, 1.165) is 5.56 Å². The van der Waals surface area contributed by atoms with E-state index in [9.17, 15) is 9.59 Å². The van der Waals surface area contributed by atoms with E-state index in [-0.39, 0.29) is 13.2 Å². The van der Waals surface area contributed by atoms with Crippen molar-refractivity contribution in [2.75, 3.05) is 13.7 Å². The highest BCUT2D eigenvalue weighted by molar-refractivity contribution is 5.87. The highest BCUT2D eigenvalue weighted by Gasteiger charge is 2.20. The van der Waals surface area contributed by atoms with Crippen LogP contribution in [0.1, 0.15) is 12.5 Å². The van der Waals surface area contributed by atoms with Gasteiger partial charge in [-0.15, -0.1) is 0 Å². The monoisotopic (exact) mass is 280 g/mol. The maximum Gasteiger partial charge on any atom is 0.328 e. The molecule has 0 fully saturated rings. The highest BCUT2D eigenvalue weighted by atomic mass is 16.5. The van der Waals surface area contributed by atoms with Crippen LogP contribution in [0, 0.1) is 0 Å². The largest absolute Gasteiger partial charge is 0.459 e. The van der Waals surface area contributed by atoms with Gasteiger partial charge in [-0.2, -0.15) is 0 Å². The van der Waals surface area contributed by atoms with Crippen LogP contribution in [-0.2, 0) is 25.7 Å². The molecular formula is C14H20N2O4. The van der Waals surface area contributed by atoms with Gasteiger partial charge >= 0.3 is 5.97 Å². The number of carbonyl (C=O) groups excluding carboxylic acids is 2. The number of benzene rings is 1. The maximum atomic E-state index is 11.7. The molecule has 1 amide bonds. The molecule has 0 unspecified atom stereocenters. The molecule has 6 nitrogen and oxygen atoms in total. The van der Waals surface area contributed by atoms with Gasteiger partial charge < -0.3 is 20.5 Å². The molecule has 0 aliphatic heterocycles. The molecule has 0 aromatic heterocycles. The second kappa shape index (κ2) is 8.29. The highest BCUT2D eigenvalue weighted by Crippen LogP contribution is 2.01. The van der Waals surface area contributed by atoms with E-state index in [2.05, 4.69) is 5.32 Å². The predicted molar refractivity (Wildman–Crippen MR) is 73.7 cm³/mol. The molecule has 1 rings (SSSR count). The summed E-state index contributed by atoms with van der Waals surface area (Å²) >= 11 is 0. The normalized spacial score (nSPS) is 13.3. The van der Waals surface area contributed by atoms with E-state index in [1.807, 2.05) is 30.3 Å². The van der Waals surface area contributed by atoms with Crippen LogP contribution in [0.3, 0.4) is 0 Å². The number of rotatable bonds is 7. The van der Waals surface area contributed by atoms with Gasteiger partial charge in [-0.25, -0.2) is 4.79 Å². The van der Waals surface area contributed by atoms with Crippen molar-refractivity contribution in [3.8, 4) is 0 Å². The first-order chi connectivity index (χ1) is 9.54. The molecule has 3 N–H and O–H groups in total. The molecule has 0 heterocycles. The summed E-state index contributed by atoms with van der Waals surface area (Å²) in [6, 6.07) is 7.75. The molecule has 0 spiro atoms. The number of methoxy groups -OCH3 is 1.